The van der Waals surface area contributed by atoms with Gasteiger partial charge in [0.25, 0.3) is 0 Å². The maximum Gasteiger partial charge on any atom is 0.230 e. The van der Waals surface area contributed by atoms with Crippen LogP contribution in [-0.4, -0.2) is 26.8 Å². The average Bonchev–Trinajstić information content (AvgIpc) is 3.37. The number of fused-ring (bicyclic) bond motifs is 1. The van der Waals surface area contributed by atoms with E-state index in [4.69, 9.17) is 0 Å². The van der Waals surface area contributed by atoms with Gasteiger partial charge in [0, 0.05) is 0 Å². The Balaban J connectivity index is 1.38. The van der Waals surface area contributed by atoms with E-state index < -0.39 is 0 Å². The highest BCUT2D eigenvalue weighted by molar-refractivity contribution is 7.99. The number of nitrogens with zero attached hydrogens (tertiary/aromatic N) is 2. The van der Waals surface area contributed by atoms with E-state index in [0.717, 1.165) is 21.7 Å². The molecule has 0 saturated carbocycles. The highest BCUT2D eigenvalue weighted by Crippen LogP contribution is 2.25. The summed E-state index contributed by atoms with van der Waals surface area (Å²) in [6.07, 6.45) is 0. The van der Waals surface area contributed by atoms with Crippen LogP contribution in [0, 0.1) is 0 Å². The first-order valence-electron chi connectivity index (χ1n) is 8.57. The first kappa shape index (κ1) is 17.8. The summed E-state index contributed by atoms with van der Waals surface area (Å²) in [6.45, 7) is 2.01. The minimum absolute atomic E-state index is 0.0390. The predicted molar refractivity (Wildman–Crippen MR) is 111 cm³/mol. The molecule has 5 nitrogen and oxygen atoms in total. The Kier molecular flexibility index (Phi) is 5.22. The van der Waals surface area contributed by atoms with E-state index in [1.54, 1.807) is 11.3 Å². The third-order valence-corrected chi connectivity index (χ3v) is 5.94. The normalized spacial score (nSPS) is 12.2. The number of carbonyl (C=O) groups is 1. The molecule has 2 heterocycles. The van der Waals surface area contributed by atoms with E-state index in [1.165, 1.54) is 17.1 Å². The minimum Gasteiger partial charge on any atom is -0.349 e. The number of hydrogen-bond donors (Lipinski definition) is 2. The van der Waals surface area contributed by atoms with Crippen molar-refractivity contribution in [2.75, 3.05) is 5.75 Å². The Morgan fingerprint density at radius 1 is 1.19 bits per heavy atom. The molecule has 0 saturated heterocycles. The summed E-state index contributed by atoms with van der Waals surface area (Å²) in [5.74, 6) is 0.969. The SMILES string of the molecule is C[C@@H](NC(=O)CSc1n[nH]c(-c2cccs2)n1)c1cccc2ccccc12. The summed E-state index contributed by atoms with van der Waals surface area (Å²) in [6, 6.07) is 18.3. The Hall–Kier alpha value is -2.64. The van der Waals surface area contributed by atoms with Crippen LogP contribution in [-0.2, 0) is 4.79 Å². The second-order valence-corrected chi connectivity index (χ2v) is 7.98. The molecule has 0 spiro atoms. The van der Waals surface area contributed by atoms with Crippen molar-refractivity contribution in [3.8, 4) is 10.7 Å². The van der Waals surface area contributed by atoms with Crippen LogP contribution in [0.5, 0.6) is 0 Å². The lowest BCUT2D eigenvalue weighted by Crippen LogP contribution is -2.28. The summed E-state index contributed by atoms with van der Waals surface area (Å²) in [5.41, 5.74) is 1.12. The number of aromatic nitrogens is 3. The average molecular weight is 395 g/mol. The number of hydrogen-bond acceptors (Lipinski definition) is 5. The number of benzene rings is 2. The topological polar surface area (TPSA) is 70.7 Å². The summed E-state index contributed by atoms with van der Waals surface area (Å²) in [4.78, 5) is 17.8. The van der Waals surface area contributed by atoms with Crippen molar-refractivity contribution < 1.29 is 4.79 Å². The van der Waals surface area contributed by atoms with Gasteiger partial charge in [-0.25, -0.2) is 4.98 Å². The van der Waals surface area contributed by atoms with Gasteiger partial charge in [0.1, 0.15) is 0 Å². The minimum atomic E-state index is -0.0713. The zero-order valence-corrected chi connectivity index (χ0v) is 16.3. The van der Waals surface area contributed by atoms with Crippen molar-refractivity contribution >= 4 is 39.8 Å². The molecular formula is C20H18N4OS2. The number of carbonyl (C=O) groups excluding carboxylic acids is 1. The lowest BCUT2D eigenvalue weighted by Gasteiger charge is -2.16. The molecule has 1 atom stereocenters. The molecule has 136 valence electrons. The van der Waals surface area contributed by atoms with Crippen LogP contribution < -0.4 is 5.32 Å². The van der Waals surface area contributed by atoms with Crippen molar-refractivity contribution in [1.29, 1.82) is 0 Å². The zero-order valence-electron chi connectivity index (χ0n) is 14.7. The third-order valence-electron chi connectivity index (χ3n) is 4.22. The number of H-pyrrole nitrogens is 1. The number of thiophene rings is 1. The van der Waals surface area contributed by atoms with E-state index >= 15 is 0 Å². The molecule has 0 radical (unpaired) electrons. The maximum atomic E-state index is 12.4. The number of nitrogens with one attached hydrogen (secondary N) is 2. The molecule has 4 rings (SSSR count). The van der Waals surface area contributed by atoms with Gasteiger partial charge in [-0.1, -0.05) is 60.3 Å². The van der Waals surface area contributed by atoms with Crippen molar-refractivity contribution in [3.05, 3.63) is 65.5 Å². The second-order valence-electron chi connectivity index (χ2n) is 6.09. The van der Waals surface area contributed by atoms with Gasteiger partial charge >= 0.3 is 0 Å². The molecule has 4 aromatic rings. The third kappa shape index (κ3) is 4.04. The quantitative estimate of drug-likeness (QED) is 0.467. The molecule has 0 aliphatic rings. The molecule has 2 N–H and O–H groups in total. The molecule has 7 heteroatoms. The molecule has 0 unspecified atom stereocenters. The first-order valence-corrected chi connectivity index (χ1v) is 10.4. The Morgan fingerprint density at radius 3 is 2.89 bits per heavy atom. The largest absolute Gasteiger partial charge is 0.349 e. The van der Waals surface area contributed by atoms with Crippen molar-refractivity contribution in [3.63, 3.8) is 0 Å². The van der Waals surface area contributed by atoms with Crippen molar-refractivity contribution in [1.82, 2.24) is 20.5 Å². The van der Waals surface area contributed by atoms with Crippen LogP contribution in [0.15, 0.2) is 65.1 Å². The van der Waals surface area contributed by atoms with Gasteiger partial charge in [-0.05, 0) is 34.7 Å². The Morgan fingerprint density at radius 2 is 2.04 bits per heavy atom. The van der Waals surface area contributed by atoms with Crippen molar-refractivity contribution in [2.45, 2.75) is 18.1 Å². The van der Waals surface area contributed by atoms with E-state index in [-0.39, 0.29) is 17.7 Å². The van der Waals surface area contributed by atoms with E-state index in [0.29, 0.717) is 5.16 Å². The van der Waals surface area contributed by atoms with E-state index in [2.05, 4.69) is 44.8 Å². The Labute approximate surface area is 165 Å². The van der Waals surface area contributed by atoms with Crippen LogP contribution in [0.2, 0.25) is 0 Å². The lowest BCUT2D eigenvalue weighted by atomic mass is 10.00. The van der Waals surface area contributed by atoms with Gasteiger partial charge in [0.15, 0.2) is 5.82 Å². The fraction of sp³-hybridized carbons (Fsp3) is 0.150. The van der Waals surface area contributed by atoms with Crippen molar-refractivity contribution in [2.24, 2.45) is 0 Å². The summed E-state index contributed by atoms with van der Waals surface area (Å²) in [5, 5.41) is 15.1. The highest BCUT2D eigenvalue weighted by atomic mass is 32.2. The summed E-state index contributed by atoms with van der Waals surface area (Å²) < 4.78 is 0. The lowest BCUT2D eigenvalue weighted by molar-refractivity contribution is -0.119. The molecule has 0 aliphatic heterocycles. The standard InChI is InChI=1S/C20H18N4OS2/c1-13(15-9-4-7-14-6-2-3-8-16(14)15)21-18(25)12-27-20-22-19(23-24-20)17-10-5-11-26-17/h2-11,13H,12H2,1H3,(H,21,25)(H,22,23,24)/t13-/m1/s1. The van der Waals surface area contributed by atoms with Gasteiger partial charge < -0.3 is 5.32 Å². The number of thioether (sulfide) groups is 1. The molecule has 0 fully saturated rings. The molecule has 27 heavy (non-hydrogen) atoms. The summed E-state index contributed by atoms with van der Waals surface area (Å²) in [7, 11) is 0. The monoisotopic (exact) mass is 394 g/mol. The van der Waals surface area contributed by atoms with Crippen LogP contribution in [0.1, 0.15) is 18.5 Å². The highest BCUT2D eigenvalue weighted by Gasteiger charge is 2.14. The van der Waals surface area contributed by atoms with Crippen LogP contribution in [0.3, 0.4) is 0 Å². The van der Waals surface area contributed by atoms with Gasteiger partial charge in [-0.15, -0.1) is 16.4 Å². The summed E-state index contributed by atoms with van der Waals surface area (Å²) >= 11 is 2.92. The van der Waals surface area contributed by atoms with E-state index in [9.17, 15) is 4.79 Å². The Bertz CT molecular complexity index is 1050. The molecule has 0 aliphatic carbocycles. The number of amides is 1. The van der Waals surface area contributed by atoms with E-state index in [1.807, 2.05) is 42.6 Å². The smallest absolute Gasteiger partial charge is 0.230 e. The number of aromatic amines is 1. The van der Waals surface area contributed by atoms with Crippen LogP contribution in [0.4, 0.5) is 0 Å². The molecule has 2 aromatic heterocycles. The fourth-order valence-electron chi connectivity index (χ4n) is 2.95. The molecule has 2 aromatic carbocycles. The molecule has 1 amide bonds. The maximum absolute atomic E-state index is 12.4. The van der Waals surface area contributed by atoms with Crippen LogP contribution >= 0.6 is 23.1 Å². The number of rotatable bonds is 6. The fourth-order valence-corrected chi connectivity index (χ4v) is 4.23. The van der Waals surface area contributed by atoms with Gasteiger partial charge in [-0.2, -0.15) is 0 Å². The predicted octanol–water partition coefficient (Wildman–Crippen LogP) is 4.66. The van der Waals surface area contributed by atoms with Gasteiger partial charge in [0.05, 0.1) is 16.7 Å². The molecular weight excluding hydrogens is 376 g/mol. The van der Waals surface area contributed by atoms with Gasteiger partial charge in [0.2, 0.25) is 11.1 Å². The first-order chi connectivity index (χ1) is 13.2. The molecule has 0 bridgehead atoms. The van der Waals surface area contributed by atoms with Crippen LogP contribution in [0.25, 0.3) is 21.5 Å². The van der Waals surface area contributed by atoms with Gasteiger partial charge in [-0.3, -0.25) is 9.89 Å². The second kappa shape index (κ2) is 7.94. The zero-order chi connectivity index (χ0) is 18.6.